The van der Waals surface area contributed by atoms with E-state index in [0.717, 1.165) is 5.56 Å². The van der Waals surface area contributed by atoms with E-state index in [1.165, 1.54) is 0 Å². The van der Waals surface area contributed by atoms with Gasteiger partial charge in [-0.3, -0.25) is 4.79 Å². The molecule has 0 aliphatic carbocycles. The fraction of sp³-hybridized carbons (Fsp3) is 0.364. The van der Waals surface area contributed by atoms with Gasteiger partial charge in [-0.05, 0) is 24.1 Å². The lowest BCUT2D eigenvalue weighted by Gasteiger charge is -2.24. The molecule has 2 nitrogen and oxygen atoms in total. The first kappa shape index (κ1) is 11.2. The molecule has 0 amide bonds. The lowest BCUT2D eigenvalue weighted by molar-refractivity contribution is -0.117. The van der Waals surface area contributed by atoms with Crippen LogP contribution in [0.25, 0.3) is 0 Å². The van der Waals surface area contributed by atoms with Gasteiger partial charge in [0.2, 0.25) is 5.24 Å². The standard InChI is InChI=1S/C11H13ClO2/c1-11(8-14-2,10(12)13)9-6-4-3-5-7-9/h3-7H,8H2,1-2H3. The van der Waals surface area contributed by atoms with Crippen molar-refractivity contribution in [1.29, 1.82) is 0 Å². The minimum Gasteiger partial charge on any atom is -0.383 e. The van der Waals surface area contributed by atoms with Crippen LogP contribution in [0, 0.1) is 0 Å². The Morgan fingerprint density at radius 1 is 1.43 bits per heavy atom. The van der Waals surface area contributed by atoms with Crippen molar-refractivity contribution < 1.29 is 9.53 Å². The minimum absolute atomic E-state index is 0.291. The predicted octanol–water partition coefficient (Wildman–Crippen LogP) is 2.36. The van der Waals surface area contributed by atoms with Gasteiger partial charge in [0, 0.05) is 7.11 Å². The number of halogens is 1. The Morgan fingerprint density at radius 3 is 2.43 bits per heavy atom. The lowest BCUT2D eigenvalue weighted by Crippen LogP contribution is -2.34. The molecular formula is C11H13ClO2. The molecule has 0 radical (unpaired) electrons. The van der Waals surface area contributed by atoms with Gasteiger partial charge in [-0.15, -0.1) is 0 Å². The van der Waals surface area contributed by atoms with Crippen molar-refractivity contribution in [3.8, 4) is 0 Å². The first-order valence-electron chi connectivity index (χ1n) is 4.35. The molecule has 1 unspecified atom stereocenters. The fourth-order valence-corrected chi connectivity index (χ4v) is 1.51. The number of rotatable bonds is 4. The Hall–Kier alpha value is -0.860. The second kappa shape index (κ2) is 4.58. The Morgan fingerprint density at radius 2 is 2.00 bits per heavy atom. The van der Waals surface area contributed by atoms with Gasteiger partial charge in [-0.25, -0.2) is 0 Å². The predicted molar refractivity (Wildman–Crippen MR) is 56.5 cm³/mol. The van der Waals surface area contributed by atoms with Crippen LogP contribution < -0.4 is 0 Å². The maximum atomic E-state index is 11.3. The van der Waals surface area contributed by atoms with Crippen LogP contribution in [0.15, 0.2) is 30.3 Å². The van der Waals surface area contributed by atoms with Crippen LogP contribution in [0.4, 0.5) is 0 Å². The highest BCUT2D eigenvalue weighted by atomic mass is 35.5. The van der Waals surface area contributed by atoms with Crippen LogP contribution in [-0.2, 0) is 14.9 Å². The van der Waals surface area contributed by atoms with E-state index in [1.807, 2.05) is 30.3 Å². The monoisotopic (exact) mass is 212 g/mol. The molecule has 0 spiro atoms. The average molecular weight is 213 g/mol. The third kappa shape index (κ3) is 2.14. The number of hydrogen-bond acceptors (Lipinski definition) is 2. The van der Waals surface area contributed by atoms with Gasteiger partial charge in [-0.2, -0.15) is 0 Å². The number of carbonyl (C=O) groups excluding carboxylic acids is 1. The second-order valence-electron chi connectivity index (χ2n) is 3.40. The molecule has 0 aliphatic rings. The van der Waals surface area contributed by atoms with Gasteiger partial charge in [0.25, 0.3) is 0 Å². The number of methoxy groups -OCH3 is 1. The summed E-state index contributed by atoms with van der Waals surface area (Å²) < 4.78 is 5.02. The van der Waals surface area contributed by atoms with Gasteiger partial charge in [0.1, 0.15) is 0 Å². The SMILES string of the molecule is COCC(C)(C(=O)Cl)c1ccccc1. The molecule has 0 saturated carbocycles. The Bertz CT molecular complexity index is 310. The van der Waals surface area contributed by atoms with E-state index in [4.69, 9.17) is 16.3 Å². The van der Waals surface area contributed by atoms with Crippen LogP contribution in [0.2, 0.25) is 0 Å². The van der Waals surface area contributed by atoms with Crippen molar-refractivity contribution in [3.05, 3.63) is 35.9 Å². The lowest BCUT2D eigenvalue weighted by atomic mass is 9.85. The highest BCUT2D eigenvalue weighted by Gasteiger charge is 2.33. The molecule has 3 heteroatoms. The zero-order chi connectivity index (χ0) is 10.6. The maximum Gasteiger partial charge on any atom is 0.234 e. The van der Waals surface area contributed by atoms with Gasteiger partial charge in [0.15, 0.2) is 0 Å². The summed E-state index contributed by atoms with van der Waals surface area (Å²) in [6, 6.07) is 9.40. The molecule has 0 N–H and O–H groups in total. The molecule has 0 fully saturated rings. The zero-order valence-corrected chi connectivity index (χ0v) is 9.04. The quantitative estimate of drug-likeness (QED) is 0.717. The fourth-order valence-electron chi connectivity index (χ4n) is 1.35. The highest BCUT2D eigenvalue weighted by molar-refractivity contribution is 6.65. The van der Waals surface area contributed by atoms with Crippen molar-refractivity contribution in [3.63, 3.8) is 0 Å². The summed E-state index contributed by atoms with van der Waals surface area (Å²) in [5.41, 5.74) is 0.124. The molecule has 1 atom stereocenters. The largest absolute Gasteiger partial charge is 0.383 e. The summed E-state index contributed by atoms with van der Waals surface area (Å²) in [6.07, 6.45) is 0. The van der Waals surface area contributed by atoms with Gasteiger partial charge in [0.05, 0.1) is 12.0 Å². The molecule has 0 bridgehead atoms. The molecule has 0 aliphatic heterocycles. The van der Waals surface area contributed by atoms with Gasteiger partial charge >= 0.3 is 0 Å². The summed E-state index contributed by atoms with van der Waals surface area (Å²) in [4.78, 5) is 11.3. The van der Waals surface area contributed by atoms with Gasteiger partial charge in [-0.1, -0.05) is 30.3 Å². The summed E-state index contributed by atoms with van der Waals surface area (Å²) in [7, 11) is 1.56. The van der Waals surface area contributed by atoms with Crippen LogP contribution in [0.3, 0.4) is 0 Å². The third-order valence-corrected chi connectivity index (χ3v) is 2.69. The summed E-state index contributed by atoms with van der Waals surface area (Å²) >= 11 is 5.58. The van der Waals surface area contributed by atoms with E-state index in [1.54, 1.807) is 14.0 Å². The summed E-state index contributed by atoms with van der Waals surface area (Å²) in [5, 5.41) is -0.398. The second-order valence-corrected chi connectivity index (χ2v) is 3.75. The highest BCUT2D eigenvalue weighted by Crippen LogP contribution is 2.26. The van der Waals surface area contributed by atoms with Gasteiger partial charge < -0.3 is 4.74 Å². The van der Waals surface area contributed by atoms with E-state index in [-0.39, 0.29) is 0 Å². The number of ether oxygens (including phenoxy) is 1. The zero-order valence-electron chi connectivity index (χ0n) is 8.29. The van der Waals surface area contributed by atoms with E-state index in [0.29, 0.717) is 6.61 Å². The Labute approximate surface area is 88.8 Å². The number of carbonyl (C=O) groups is 1. The average Bonchev–Trinajstić information content (AvgIpc) is 2.19. The van der Waals surface area contributed by atoms with Crippen LogP contribution >= 0.6 is 11.6 Å². The Kier molecular flexibility index (Phi) is 3.67. The van der Waals surface area contributed by atoms with Crippen LogP contribution in [0.1, 0.15) is 12.5 Å². The maximum absolute atomic E-state index is 11.3. The van der Waals surface area contributed by atoms with Crippen molar-refractivity contribution in [2.45, 2.75) is 12.3 Å². The number of benzene rings is 1. The summed E-state index contributed by atoms with van der Waals surface area (Å²) in [5.74, 6) is 0. The molecule has 14 heavy (non-hydrogen) atoms. The first-order chi connectivity index (χ1) is 6.61. The van der Waals surface area contributed by atoms with Crippen LogP contribution in [0.5, 0.6) is 0 Å². The third-order valence-electron chi connectivity index (χ3n) is 2.28. The van der Waals surface area contributed by atoms with Crippen molar-refractivity contribution in [2.75, 3.05) is 13.7 Å². The molecule has 0 saturated heterocycles. The van der Waals surface area contributed by atoms with E-state index < -0.39 is 10.7 Å². The molecular weight excluding hydrogens is 200 g/mol. The van der Waals surface area contributed by atoms with E-state index in [2.05, 4.69) is 0 Å². The topological polar surface area (TPSA) is 26.3 Å². The Balaban J connectivity index is 3.06. The molecule has 1 rings (SSSR count). The van der Waals surface area contributed by atoms with Crippen molar-refractivity contribution in [1.82, 2.24) is 0 Å². The smallest absolute Gasteiger partial charge is 0.234 e. The molecule has 76 valence electrons. The molecule has 1 aromatic carbocycles. The van der Waals surface area contributed by atoms with E-state index in [9.17, 15) is 4.79 Å². The minimum atomic E-state index is -0.752. The summed E-state index contributed by atoms with van der Waals surface area (Å²) in [6.45, 7) is 2.07. The molecule has 0 aromatic heterocycles. The van der Waals surface area contributed by atoms with Crippen molar-refractivity contribution >= 4 is 16.8 Å². The molecule has 1 aromatic rings. The normalized spacial score (nSPS) is 14.8. The van der Waals surface area contributed by atoms with Crippen LogP contribution in [-0.4, -0.2) is 19.0 Å². The first-order valence-corrected chi connectivity index (χ1v) is 4.73. The van der Waals surface area contributed by atoms with Crippen molar-refractivity contribution in [2.24, 2.45) is 0 Å². The van der Waals surface area contributed by atoms with E-state index >= 15 is 0 Å². The number of hydrogen-bond donors (Lipinski definition) is 0. The molecule has 0 heterocycles.